The maximum atomic E-state index is 13.0. The first-order valence-corrected chi connectivity index (χ1v) is 10.3. The molecule has 1 aromatic carbocycles. The Bertz CT molecular complexity index is 723. The maximum Gasteiger partial charge on any atom is 0.243 e. The van der Waals surface area contributed by atoms with Gasteiger partial charge in [0.2, 0.25) is 15.9 Å². The van der Waals surface area contributed by atoms with Crippen LogP contribution in [0.5, 0.6) is 5.75 Å². The Morgan fingerprint density at radius 2 is 1.88 bits per heavy atom. The summed E-state index contributed by atoms with van der Waals surface area (Å²) in [6, 6.07) is 3.36. The third-order valence-electron chi connectivity index (χ3n) is 4.92. The highest BCUT2D eigenvalue weighted by Crippen LogP contribution is 2.31. The van der Waals surface area contributed by atoms with Gasteiger partial charge in [0.25, 0.3) is 0 Å². The van der Waals surface area contributed by atoms with Crippen molar-refractivity contribution in [3.8, 4) is 5.75 Å². The van der Waals surface area contributed by atoms with E-state index >= 15 is 0 Å². The van der Waals surface area contributed by atoms with Gasteiger partial charge >= 0.3 is 0 Å². The molecule has 1 saturated heterocycles. The van der Waals surface area contributed by atoms with E-state index in [1.807, 2.05) is 13.8 Å². The van der Waals surface area contributed by atoms with Gasteiger partial charge in [0.15, 0.2) is 0 Å². The normalized spacial score (nSPS) is 16.8. The second-order valence-corrected chi connectivity index (χ2v) is 8.50. The van der Waals surface area contributed by atoms with E-state index in [1.165, 1.54) is 4.31 Å². The Hall–Kier alpha value is -1.60. The van der Waals surface area contributed by atoms with Crippen molar-refractivity contribution >= 4 is 15.9 Å². The van der Waals surface area contributed by atoms with Gasteiger partial charge in [-0.25, -0.2) is 8.42 Å². The molecule has 0 unspecified atom stereocenters. The molecule has 1 fully saturated rings. The Morgan fingerprint density at radius 3 is 2.44 bits per heavy atom. The number of nitrogens with zero attached hydrogens (tertiary/aromatic N) is 1. The molecule has 2 rings (SSSR count). The molecule has 6 nitrogen and oxygen atoms in total. The SMILES string of the molecule is CCCCOc1ccc(S(=O)(=O)N2CCC(C(N)=O)CC2)c(C)c1C. The van der Waals surface area contributed by atoms with E-state index < -0.39 is 10.0 Å². The van der Waals surface area contributed by atoms with Crippen molar-refractivity contribution in [2.75, 3.05) is 19.7 Å². The summed E-state index contributed by atoms with van der Waals surface area (Å²) in [7, 11) is -3.58. The number of primary amides is 1. The van der Waals surface area contributed by atoms with Gasteiger partial charge in [-0.1, -0.05) is 13.3 Å². The van der Waals surface area contributed by atoms with Crippen molar-refractivity contribution in [1.29, 1.82) is 0 Å². The topological polar surface area (TPSA) is 89.7 Å². The number of amides is 1. The van der Waals surface area contributed by atoms with Crippen LogP contribution in [0.3, 0.4) is 0 Å². The van der Waals surface area contributed by atoms with Gasteiger partial charge in [-0.2, -0.15) is 4.31 Å². The van der Waals surface area contributed by atoms with Gasteiger partial charge in [-0.05, 0) is 56.4 Å². The molecule has 1 amide bonds. The quantitative estimate of drug-likeness (QED) is 0.748. The lowest BCUT2D eigenvalue weighted by atomic mass is 9.98. The molecule has 1 aliphatic rings. The molecule has 0 aliphatic carbocycles. The van der Waals surface area contributed by atoms with Crippen molar-refractivity contribution in [1.82, 2.24) is 4.31 Å². The Kier molecular flexibility index (Phi) is 6.46. The van der Waals surface area contributed by atoms with E-state index in [4.69, 9.17) is 10.5 Å². The maximum absolute atomic E-state index is 13.0. The fourth-order valence-corrected chi connectivity index (χ4v) is 4.80. The average molecular weight is 368 g/mol. The number of unbranched alkanes of at least 4 members (excludes halogenated alkanes) is 1. The molecule has 1 aliphatic heterocycles. The summed E-state index contributed by atoms with van der Waals surface area (Å²) in [6.45, 7) is 7.06. The van der Waals surface area contributed by atoms with Gasteiger partial charge in [0, 0.05) is 19.0 Å². The summed E-state index contributed by atoms with van der Waals surface area (Å²) < 4.78 is 33.2. The Labute approximate surface area is 150 Å². The average Bonchev–Trinajstić information content (AvgIpc) is 2.58. The van der Waals surface area contributed by atoms with Crippen LogP contribution >= 0.6 is 0 Å². The van der Waals surface area contributed by atoms with E-state index in [2.05, 4.69) is 6.92 Å². The van der Waals surface area contributed by atoms with Crippen molar-refractivity contribution < 1.29 is 17.9 Å². The van der Waals surface area contributed by atoms with Crippen molar-refractivity contribution in [2.45, 2.75) is 51.3 Å². The second kappa shape index (κ2) is 8.19. The van der Waals surface area contributed by atoms with Crippen molar-refractivity contribution in [2.24, 2.45) is 11.7 Å². The zero-order chi connectivity index (χ0) is 18.6. The van der Waals surface area contributed by atoms with Gasteiger partial charge in [0.1, 0.15) is 5.75 Å². The number of carbonyl (C=O) groups excluding carboxylic acids is 1. The number of ether oxygens (including phenoxy) is 1. The summed E-state index contributed by atoms with van der Waals surface area (Å²) >= 11 is 0. The fourth-order valence-electron chi connectivity index (χ4n) is 3.05. The Morgan fingerprint density at radius 1 is 1.24 bits per heavy atom. The molecular weight excluding hydrogens is 340 g/mol. The zero-order valence-corrected chi connectivity index (χ0v) is 16.1. The molecule has 0 radical (unpaired) electrons. The van der Waals surface area contributed by atoms with Crippen LogP contribution in [-0.4, -0.2) is 38.3 Å². The summed E-state index contributed by atoms with van der Waals surface area (Å²) in [5, 5.41) is 0. The third kappa shape index (κ3) is 4.33. The van der Waals surface area contributed by atoms with Gasteiger partial charge in [-0.15, -0.1) is 0 Å². The molecule has 0 aromatic heterocycles. The lowest BCUT2D eigenvalue weighted by molar-refractivity contribution is -0.122. The lowest BCUT2D eigenvalue weighted by Gasteiger charge is -2.30. The first-order chi connectivity index (χ1) is 11.8. The van der Waals surface area contributed by atoms with Gasteiger partial charge in [0.05, 0.1) is 11.5 Å². The number of nitrogens with two attached hydrogens (primary N) is 1. The first-order valence-electron chi connectivity index (χ1n) is 8.81. The largest absolute Gasteiger partial charge is 0.493 e. The summed E-state index contributed by atoms with van der Waals surface area (Å²) in [6.07, 6.45) is 2.97. The van der Waals surface area contributed by atoms with E-state index in [-0.39, 0.29) is 11.8 Å². The second-order valence-electron chi connectivity index (χ2n) is 6.59. The lowest BCUT2D eigenvalue weighted by Crippen LogP contribution is -2.41. The highest BCUT2D eigenvalue weighted by atomic mass is 32.2. The fraction of sp³-hybridized carbons (Fsp3) is 0.611. The number of rotatable bonds is 7. The number of sulfonamides is 1. The predicted octanol–water partition coefficient (Wildman–Crippen LogP) is 2.37. The zero-order valence-electron chi connectivity index (χ0n) is 15.2. The minimum Gasteiger partial charge on any atom is -0.493 e. The molecule has 1 heterocycles. The number of carbonyl (C=O) groups is 1. The van der Waals surface area contributed by atoms with Crippen LogP contribution in [0.15, 0.2) is 17.0 Å². The molecule has 25 heavy (non-hydrogen) atoms. The van der Waals surface area contributed by atoms with Crippen LogP contribution in [0.2, 0.25) is 0 Å². The number of hydrogen-bond donors (Lipinski definition) is 1. The molecule has 7 heteroatoms. The van der Waals surface area contributed by atoms with E-state index in [0.717, 1.165) is 24.2 Å². The van der Waals surface area contributed by atoms with E-state index in [0.29, 0.717) is 43.0 Å². The van der Waals surface area contributed by atoms with Crippen LogP contribution in [-0.2, 0) is 14.8 Å². The molecule has 0 bridgehead atoms. The van der Waals surface area contributed by atoms with E-state index in [1.54, 1.807) is 12.1 Å². The van der Waals surface area contributed by atoms with Crippen molar-refractivity contribution in [3.63, 3.8) is 0 Å². The van der Waals surface area contributed by atoms with Crippen LogP contribution in [0, 0.1) is 19.8 Å². The third-order valence-corrected chi connectivity index (χ3v) is 6.96. The summed E-state index contributed by atoms with van der Waals surface area (Å²) in [5.41, 5.74) is 6.89. The highest BCUT2D eigenvalue weighted by Gasteiger charge is 2.32. The van der Waals surface area contributed by atoms with Crippen LogP contribution < -0.4 is 10.5 Å². The standard InChI is InChI=1S/C18H28N2O4S/c1-4-5-12-24-16-6-7-17(14(3)13(16)2)25(22,23)20-10-8-15(9-11-20)18(19)21/h6-7,15H,4-5,8-12H2,1-3H3,(H2,19,21). The number of benzene rings is 1. The summed E-state index contributed by atoms with van der Waals surface area (Å²) in [5.74, 6) is 0.151. The molecule has 2 N–H and O–H groups in total. The van der Waals surface area contributed by atoms with Crippen LogP contribution in [0.4, 0.5) is 0 Å². The molecule has 0 atom stereocenters. The van der Waals surface area contributed by atoms with Crippen LogP contribution in [0.1, 0.15) is 43.7 Å². The summed E-state index contributed by atoms with van der Waals surface area (Å²) in [4.78, 5) is 11.6. The minimum atomic E-state index is -3.58. The molecule has 0 spiro atoms. The molecule has 0 saturated carbocycles. The monoisotopic (exact) mass is 368 g/mol. The van der Waals surface area contributed by atoms with Gasteiger partial charge in [-0.3, -0.25) is 4.79 Å². The number of hydrogen-bond acceptors (Lipinski definition) is 4. The number of piperidine rings is 1. The van der Waals surface area contributed by atoms with Crippen LogP contribution in [0.25, 0.3) is 0 Å². The predicted molar refractivity (Wildman–Crippen MR) is 97.0 cm³/mol. The minimum absolute atomic E-state index is 0.233. The Balaban J connectivity index is 2.19. The van der Waals surface area contributed by atoms with E-state index in [9.17, 15) is 13.2 Å². The van der Waals surface area contributed by atoms with Gasteiger partial charge < -0.3 is 10.5 Å². The molecule has 1 aromatic rings. The molecular formula is C18H28N2O4S. The first kappa shape index (κ1) is 19.7. The smallest absolute Gasteiger partial charge is 0.243 e. The molecule has 140 valence electrons. The highest BCUT2D eigenvalue weighted by molar-refractivity contribution is 7.89. The van der Waals surface area contributed by atoms with Crippen molar-refractivity contribution in [3.05, 3.63) is 23.3 Å².